The summed E-state index contributed by atoms with van der Waals surface area (Å²) in [7, 11) is 1.74. The Kier molecular flexibility index (Phi) is 9.82. The molecule has 0 unspecified atom stereocenters. The predicted octanol–water partition coefficient (Wildman–Crippen LogP) is -1.21. The number of rotatable bonds is 2. The molecule has 0 spiro atoms. The number of carboxylic acids is 2. The molecule has 0 aromatic rings. The Morgan fingerprint density at radius 3 is 1.83 bits per heavy atom. The fourth-order valence-electron chi connectivity index (χ4n) is 1.67. The van der Waals surface area contributed by atoms with Crippen LogP contribution >= 0.6 is 0 Å². The number of hydrogen-bond acceptors (Lipinski definition) is 5. The second-order valence-corrected chi connectivity index (χ2v) is 5.12. The van der Waals surface area contributed by atoms with E-state index in [0.717, 1.165) is 26.2 Å². The van der Waals surface area contributed by atoms with E-state index in [-0.39, 0.29) is 11.8 Å². The van der Waals surface area contributed by atoms with Crippen molar-refractivity contribution in [2.75, 3.05) is 46.3 Å². The van der Waals surface area contributed by atoms with E-state index in [2.05, 4.69) is 16.7 Å². The number of carbonyl (C=O) groups excluding carboxylic acids is 2. The number of aliphatic carboxylic acids is 2. The van der Waals surface area contributed by atoms with Crippen molar-refractivity contribution in [3.8, 4) is 11.8 Å². The zero-order chi connectivity index (χ0) is 18.7. The molecule has 1 rings (SSSR count). The first-order valence-corrected chi connectivity index (χ1v) is 7.26. The summed E-state index contributed by atoms with van der Waals surface area (Å²) in [5, 5.41) is 14.8. The van der Waals surface area contributed by atoms with Crippen LogP contribution in [0.1, 0.15) is 13.8 Å². The molecule has 0 radical (unpaired) electrons. The van der Waals surface area contributed by atoms with Crippen molar-refractivity contribution in [1.82, 2.24) is 14.7 Å². The normalized spacial score (nSPS) is 13.7. The van der Waals surface area contributed by atoms with Gasteiger partial charge in [-0.2, -0.15) is 0 Å². The number of nitrogens with zero attached hydrogens (tertiary/aromatic N) is 3. The molecular weight excluding hydrogens is 318 g/mol. The van der Waals surface area contributed by atoms with Crippen molar-refractivity contribution in [2.24, 2.45) is 0 Å². The van der Waals surface area contributed by atoms with Crippen LogP contribution in [0.15, 0.2) is 0 Å². The number of carbonyl (C=O) groups is 4. The molecule has 0 atom stereocenters. The molecule has 9 heteroatoms. The van der Waals surface area contributed by atoms with Gasteiger partial charge in [0.1, 0.15) is 0 Å². The van der Waals surface area contributed by atoms with Crippen molar-refractivity contribution in [3.63, 3.8) is 0 Å². The van der Waals surface area contributed by atoms with Gasteiger partial charge in [0.15, 0.2) is 0 Å². The van der Waals surface area contributed by atoms with Crippen molar-refractivity contribution in [1.29, 1.82) is 0 Å². The van der Waals surface area contributed by atoms with Crippen LogP contribution in [0.4, 0.5) is 0 Å². The Morgan fingerprint density at radius 1 is 0.958 bits per heavy atom. The van der Waals surface area contributed by atoms with Gasteiger partial charge >= 0.3 is 11.9 Å². The first-order chi connectivity index (χ1) is 11.1. The molecule has 0 aromatic carbocycles. The zero-order valence-electron chi connectivity index (χ0n) is 14.1. The van der Waals surface area contributed by atoms with Gasteiger partial charge in [0.25, 0.3) is 0 Å². The summed E-state index contributed by atoms with van der Waals surface area (Å²) in [6, 6.07) is 0. The van der Waals surface area contributed by atoms with Crippen LogP contribution in [0, 0.1) is 11.8 Å². The van der Waals surface area contributed by atoms with Gasteiger partial charge in [-0.15, -0.1) is 0 Å². The van der Waals surface area contributed by atoms with Gasteiger partial charge in [0.2, 0.25) is 11.8 Å². The van der Waals surface area contributed by atoms with Gasteiger partial charge in [-0.3, -0.25) is 14.5 Å². The third-order valence-electron chi connectivity index (χ3n) is 3.28. The molecule has 0 saturated carbocycles. The van der Waals surface area contributed by atoms with E-state index in [4.69, 9.17) is 19.8 Å². The lowest BCUT2D eigenvalue weighted by Gasteiger charge is -2.32. The van der Waals surface area contributed by atoms with E-state index in [1.165, 1.54) is 6.92 Å². The Balaban J connectivity index is 0.000000754. The molecule has 1 heterocycles. The molecule has 0 aliphatic carbocycles. The maximum Gasteiger partial charge on any atom is 0.414 e. The van der Waals surface area contributed by atoms with Gasteiger partial charge < -0.3 is 20.0 Å². The first-order valence-electron chi connectivity index (χ1n) is 7.26. The molecule has 0 aromatic heterocycles. The molecule has 2 N–H and O–H groups in total. The number of carboxylic acid groups (broad SMARTS) is 2. The van der Waals surface area contributed by atoms with Crippen molar-refractivity contribution < 1.29 is 29.4 Å². The second kappa shape index (κ2) is 11.0. The molecule has 1 aliphatic heterocycles. The SMILES string of the molecule is CC(=O)N(C)CC#CCN1CCN(C(C)=O)CC1.O=C(O)C(=O)O. The van der Waals surface area contributed by atoms with Crippen molar-refractivity contribution in [2.45, 2.75) is 13.8 Å². The minimum absolute atomic E-state index is 0.0272. The highest BCUT2D eigenvalue weighted by Gasteiger charge is 2.17. The van der Waals surface area contributed by atoms with E-state index < -0.39 is 11.9 Å². The van der Waals surface area contributed by atoms with Crippen LogP contribution in [0.5, 0.6) is 0 Å². The van der Waals surface area contributed by atoms with E-state index in [1.54, 1.807) is 18.9 Å². The van der Waals surface area contributed by atoms with E-state index >= 15 is 0 Å². The maximum atomic E-state index is 11.1. The molecular formula is C15H23N3O6. The molecule has 134 valence electrons. The minimum atomic E-state index is -1.82. The highest BCUT2D eigenvalue weighted by molar-refractivity contribution is 6.27. The van der Waals surface area contributed by atoms with E-state index in [1.807, 2.05) is 4.90 Å². The summed E-state index contributed by atoms with van der Waals surface area (Å²) in [4.78, 5) is 46.0. The first kappa shape index (κ1) is 21.4. The Bertz CT molecular complexity index is 517. The van der Waals surface area contributed by atoms with Crippen LogP contribution in [0.2, 0.25) is 0 Å². The van der Waals surface area contributed by atoms with Crippen molar-refractivity contribution in [3.05, 3.63) is 0 Å². The molecule has 9 nitrogen and oxygen atoms in total. The Morgan fingerprint density at radius 2 is 1.46 bits per heavy atom. The third kappa shape index (κ3) is 9.42. The van der Waals surface area contributed by atoms with Crippen LogP contribution in [0.3, 0.4) is 0 Å². The molecule has 1 aliphatic rings. The Hall–Kier alpha value is -2.60. The molecule has 0 bridgehead atoms. The second-order valence-electron chi connectivity index (χ2n) is 5.12. The standard InChI is InChI=1S/C13H21N3O2.C2H2O4/c1-12(17)14(3)6-4-5-7-15-8-10-16(11-9-15)13(2)18;3-1(4)2(5)6/h6-11H2,1-3H3;(H,3,4)(H,5,6). The van der Waals surface area contributed by atoms with Gasteiger partial charge in [-0.05, 0) is 0 Å². The van der Waals surface area contributed by atoms with Crippen molar-refractivity contribution >= 4 is 23.8 Å². The van der Waals surface area contributed by atoms with Gasteiger partial charge in [0, 0.05) is 47.1 Å². The zero-order valence-corrected chi connectivity index (χ0v) is 14.1. The molecule has 2 amide bonds. The van der Waals surface area contributed by atoms with E-state index in [0.29, 0.717) is 13.1 Å². The monoisotopic (exact) mass is 341 g/mol. The van der Waals surface area contributed by atoms with Gasteiger partial charge in [-0.1, -0.05) is 11.8 Å². The van der Waals surface area contributed by atoms with Gasteiger partial charge in [-0.25, -0.2) is 9.59 Å². The number of piperazine rings is 1. The molecule has 1 fully saturated rings. The average molecular weight is 341 g/mol. The number of hydrogen-bond donors (Lipinski definition) is 2. The average Bonchev–Trinajstić information content (AvgIpc) is 2.52. The quantitative estimate of drug-likeness (QED) is 0.478. The maximum absolute atomic E-state index is 11.1. The molecule has 1 saturated heterocycles. The summed E-state index contributed by atoms with van der Waals surface area (Å²) < 4.78 is 0. The number of amides is 2. The third-order valence-corrected chi connectivity index (χ3v) is 3.28. The fourth-order valence-corrected chi connectivity index (χ4v) is 1.67. The minimum Gasteiger partial charge on any atom is -0.473 e. The van der Waals surface area contributed by atoms with Crippen LogP contribution in [0.25, 0.3) is 0 Å². The lowest BCUT2D eigenvalue weighted by atomic mass is 10.3. The topological polar surface area (TPSA) is 118 Å². The smallest absolute Gasteiger partial charge is 0.414 e. The largest absolute Gasteiger partial charge is 0.473 e. The highest BCUT2D eigenvalue weighted by atomic mass is 16.4. The predicted molar refractivity (Wildman–Crippen MR) is 85.1 cm³/mol. The lowest BCUT2D eigenvalue weighted by Crippen LogP contribution is -2.48. The summed E-state index contributed by atoms with van der Waals surface area (Å²) in [6.45, 7) is 7.62. The summed E-state index contributed by atoms with van der Waals surface area (Å²) in [5.74, 6) is 2.57. The Labute approximate surface area is 140 Å². The summed E-state index contributed by atoms with van der Waals surface area (Å²) >= 11 is 0. The molecule has 24 heavy (non-hydrogen) atoms. The summed E-state index contributed by atoms with van der Waals surface area (Å²) in [5.41, 5.74) is 0. The fraction of sp³-hybridized carbons (Fsp3) is 0.600. The van der Waals surface area contributed by atoms with Crippen LogP contribution in [-0.4, -0.2) is 95.0 Å². The van der Waals surface area contributed by atoms with Gasteiger partial charge in [0.05, 0.1) is 13.1 Å². The lowest BCUT2D eigenvalue weighted by molar-refractivity contribution is -0.159. The van der Waals surface area contributed by atoms with Crippen LogP contribution in [-0.2, 0) is 19.2 Å². The highest BCUT2D eigenvalue weighted by Crippen LogP contribution is 2.00. The summed E-state index contributed by atoms with van der Waals surface area (Å²) in [6.07, 6.45) is 0. The van der Waals surface area contributed by atoms with Crippen LogP contribution < -0.4 is 0 Å². The van der Waals surface area contributed by atoms with E-state index in [9.17, 15) is 9.59 Å².